The number of anilines is 2. The van der Waals surface area contributed by atoms with Crippen molar-refractivity contribution < 1.29 is 23.4 Å². The summed E-state index contributed by atoms with van der Waals surface area (Å²) in [6.45, 7) is 2.64. The van der Waals surface area contributed by atoms with Crippen LogP contribution in [0.5, 0.6) is 0 Å². The van der Waals surface area contributed by atoms with Crippen molar-refractivity contribution in [1.29, 1.82) is 0 Å². The first-order valence-electron chi connectivity index (χ1n) is 10.5. The lowest BCUT2D eigenvalue weighted by Crippen LogP contribution is -2.36. The minimum Gasteiger partial charge on any atom is -0.396 e. The van der Waals surface area contributed by atoms with Crippen LogP contribution in [0.25, 0.3) is 5.65 Å². The number of nitrogens with zero attached hydrogens (tertiary/aromatic N) is 6. The van der Waals surface area contributed by atoms with Gasteiger partial charge in [-0.25, -0.2) is 18.3 Å². The third-order valence-corrected chi connectivity index (χ3v) is 5.99. The maximum absolute atomic E-state index is 13.6. The van der Waals surface area contributed by atoms with E-state index >= 15 is 0 Å². The molecule has 2 N–H and O–H groups in total. The number of ether oxygens (including phenoxy) is 1. The molecule has 0 aromatic carbocycles. The molecule has 3 aromatic rings. The van der Waals surface area contributed by atoms with Gasteiger partial charge in [0.05, 0.1) is 31.1 Å². The molecule has 10 nitrogen and oxygen atoms in total. The number of halogens is 2. The predicted molar refractivity (Wildman–Crippen MR) is 110 cm³/mol. The molecule has 2 aliphatic rings. The van der Waals surface area contributed by atoms with Gasteiger partial charge in [0.1, 0.15) is 11.4 Å². The molecule has 0 atom stereocenters. The summed E-state index contributed by atoms with van der Waals surface area (Å²) >= 11 is 0. The fourth-order valence-electron chi connectivity index (χ4n) is 4.09. The zero-order chi connectivity index (χ0) is 22.2. The highest BCUT2D eigenvalue weighted by Gasteiger charge is 2.32. The second-order valence-electron chi connectivity index (χ2n) is 8.05. The number of hydrogen-bond donors (Lipinski definition) is 2. The second kappa shape index (κ2) is 8.43. The van der Waals surface area contributed by atoms with Gasteiger partial charge in [-0.2, -0.15) is 10.2 Å². The molecule has 1 aliphatic carbocycles. The van der Waals surface area contributed by atoms with E-state index in [0.29, 0.717) is 50.6 Å². The third kappa shape index (κ3) is 3.79. The average Bonchev–Trinajstić information content (AvgIpc) is 3.37. The van der Waals surface area contributed by atoms with E-state index in [1.54, 1.807) is 6.20 Å². The van der Waals surface area contributed by atoms with E-state index in [0.717, 1.165) is 0 Å². The number of rotatable bonds is 6. The van der Waals surface area contributed by atoms with E-state index in [4.69, 9.17) is 4.74 Å². The van der Waals surface area contributed by atoms with Crippen LogP contribution in [0.15, 0.2) is 24.7 Å². The van der Waals surface area contributed by atoms with Gasteiger partial charge in [0, 0.05) is 32.1 Å². The van der Waals surface area contributed by atoms with Crippen LogP contribution >= 0.6 is 0 Å². The summed E-state index contributed by atoms with van der Waals surface area (Å²) < 4.78 is 35.4. The highest BCUT2D eigenvalue weighted by Crippen LogP contribution is 2.39. The van der Waals surface area contributed by atoms with E-state index in [9.17, 15) is 18.7 Å². The molecule has 0 spiro atoms. The van der Waals surface area contributed by atoms with Gasteiger partial charge in [0.15, 0.2) is 11.3 Å². The van der Waals surface area contributed by atoms with Gasteiger partial charge in [-0.05, 0) is 24.8 Å². The number of nitrogens with one attached hydrogen (secondary N) is 1. The van der Waals surface area contributed by atoms with Gasteiger partial charge in [-0.3, -0.25) is 9.48 Å². The molecule has 0 bridgehead atoms. The number of carbonyl (C=O) groups excluding carboxylic acids is 1. The molecule has 12 heteroatoms. The normalized spacial score (nSPS) is 21.2. The van der Waals surface area contributed by atoms with Crippen LogP contribution in [-0.2, 0) is 4.74 Å². The van der Waals surface area contributed by atoms with Crippen molar-refractivity contribution in [1.82, 2.24) is 24.4 Å². The second-order valence-corrected chi connectivity index (χ2v) is 8.05. The fourth-order valence-corrected chi connectivity index (χ4v) is 4.09. The Hall–Kier alpha value is -3.12. The van der Waals surface area contributed by atoms with Gasteiger partial charge < -0.3 is 20.1 Å². The predicted octanol–water partition coefficient (Wildman–Crippen LogP) is 1.90. The molecular weight excluding hydrogens is 424 g/mol. The summed E-state index contributed by atoms with van der Waals surface area (Å²) in [5.41, 5.74) is -0.00954. The Morgan fingerprint density at radius 1 is 1.31 bits per heavy atom. The Kier molecular flexibility index (Phi) is 5.47. The van der Waals surface area contributed by atoms with Crippen molar-refractivity contribution >= 4 is 23.1 Å². The smallest absolute Gasteiger partial charge is 0.284 e. The first-order chi connectivity index (χ1) is 15.5. The van der Waals surface area contributed by atoms with Crippen LogP contribution in [0.2, 0.25) is 0 Å². The minimum absolute atomic E-state index is 0.0406. The molecule has 5 rings (SSSR count). The minimum atomic E-state index is -2.84. The standard InChI is InChI=1S/C20H23F2N7O3/c21-18(22)17-15(10-29(26-17)13-7-12(8-13)11-30)24-20(31)14-9-23-28-2-1-16(25-19(14)28)27-3-5-32-6-4-27/h1-2,9-10,12-13,18,30H,3-8,11H2,(H,24,31)/t12-,13-. The summed E-state index contributed by atoms with van der Waals surface area (Å²) in [6, 6.07) is 1.74. The lowest BCUT2D eigenvalue weighted by Gasteiger charge is -2.33. The molecule has 1 aliphatic heterocycles. The third-order valence-electron chi connectivity index (χ3n) is 5.99. The number of aliphatic hydroxyl groups is 1. The van der Waals surface area contributed by atoms with Crippen molar-refractivity contribution in [2.75, 3.05) is 43.1 Å². The molecule has 2 fully saturated rings. The van der Waals surface area contributed by atoms with Gasteiger partial charge in [0.25, 0.3) is 12.3 Å². The van der Waals surface area contributed by atoms with Gasteiger partial charge >= 0.3 is 0 Å². The van der Waals surface area contributed by atoms with Crippen LogP contribution in [-0.4, -0.2) is 68.3 Å². The van der Waals surface area contributed by atoms with E-state index in [1.807, 2.05) is 6.07 Å². The Labute approximate surface area is 181 Å². The van der Waals surface area contributed by atoms with Gasteiger partial charge in [0.2, 0.25) is 0 Å². The summed E-state index contributed by atoms with van der Waals surface area (Å²) in [5.74, 6) is 0.262. The Morgan fingerprint density at radius 3 is 2.81 bits per heavy atom. The van der Waals surface area contributed by atoms with Crippen LogP contribution in [0.3, 0.4) is 0 Å². The van der Waals surface area contributed by atoms with Crippen molar-refractivity contribution in [2.45, 2.75) is 25.3 Å². The lowest BCUT2D eigenvalue weighted by atomic mass is 9.81. The number of aromatic nitrogens is 5. The molecule has 0 radical (unpaired) electrons. The van der Waals surface area contributed by atoms with Crippen molar-refractivity contribution in [3.8, 4) is 0 Å². The highest BCUT2D eigenvalue weighted by molar-refractivity contribution is 6.08. The summed E-state index contributed by atoms with van der Waals surface area (Å²) in [6.07, 6.45) is 2.99. The monoisotopic (exact) mass is 447 g/mol. The topological polar surface area (TPSA) is 110 Å². The molecule has 4 heterocycles. The Balaban J connectivity index is 1.39. The largest absolute Gasteiger partial charge is 0.396 e. The number of hydrogen-bond acceptors (Lipinski definition) is 7. The summed E-state index contributed by atoms with van der Waals surface area (Å²) in [4.78, 5) is 19.6. The Bertz CT molecular complexity index is 1120. The van der Waals surface area contributed by atoms with E-state index < -0.39 is 18.0 Å². The van der Waals surface area contributed by atoms with E-state index in [1.165, 1.54) is 21.6 Å². The molecule has 1 saturated carbocycles. The maximum Gasteiger partial charge on any atom is 0.284 e. The maximum atomic E-state index is 13.6. The molecule has 0 unspecified atom stereocenters. The highest BCUT2D eigenvalue weighted by atomic mass is 19.3. The van der Waals surface area contributed by atoms with Gasteiger partial charge in [-0.15, -0.1) is 0 Å². The molecule has 1 amide bonds. The van der Waals surface area contributed by atoms with E-state index in [2.05, 4.69) is 25.4 Å². The molecule has 3 aromatic heterocycles. The van der Waals surface area contributed by atoms with Crippen LogP contribution in [0.4, 0.5) is 20.3 Å². The van der Waals surface area contributed by atoms with E-state index in [-0.39, 0.29) is 29.8 Å². The SMILES string of the molecule is O=C(Nc1cn([C@H]2C[C@H](CO)C2)nc1C(F)F)c1cnn2ccc(N3CCOCC3)nc12. The first-order valence-corrected chi connectivity index (χ1v) is 10.5. The quantitative estimate of drug-likeness (QED) is 0.594. The molecule has 170 valence electrons. The summed E-state index contributed by atoms with van der Waals surface area (Å²) in [7, 11) is 0. The number of amides is 1. The number of alkyl halides is 2. The van der Waals surface area contributed by atoms with Crippen LogP contribution < -0.4 is 10.2 Å². The molecular formula is C20H23F2N7O3. The Morgan fingerprint density at radius 2 is 2.09 bits per heavy atom. The number of fused-ring (bicyclic) bond motifs is 1. The number of morpholine rings is 1. The molecule has 1 saturated heterocycles. The van der Waals surface area contributed by atoms with Gasteiger partial charge in [-0.1, -0.05) is 0 Å². The number of aliphatic hydroxyl groups excluding tert-OH is 1. The fraction of sp³-hybridized carbons (Fsp3) is 0.500. The van der Waals surface area contributed by atoms with Crippen molar-refractivity contribution in [2.24, 2.45) is 5.92 Å². The van der Waals surface area contributed by atoms with Crippen molar-refractivity contribution in [3.05, 3.63) is 35.9 Å². The summed E-state index contributed by atoms with van der Waals surface area (Å²) in [5, 5.41) is 19.9. The first kappa shape index (κ1) is 20.8. The lowest BCUT2D eigenvalue weighted by molar-refractivity contribution is 0.102. The van der Waals surface area contributed by atoms with Crippen LogP contribution in [0, 0.1) is 5.92 Å². The zero-order valence-electron chi connectivity index (χ0n) is 17.2. The number of carbonyl (C=O) groups is 1. The van der Waals surface area contributed by atoms with Crippen molar-refractivity contribution in [3.63, 3.8) is 0 Å². The zero-order valence-corrected chi connectivity index (χ0v) is 17.2. The molecule has 32 heavy (non-hydrogen) atoms. The average molecular weight is 447 g/mol. The van der Waals surface area contributed by atoms with Crippen LogP contribution in [0.1, 0.15) is 41.4 Å².